The Hall–Kier alpha value is -2.46. The first-order chi connectivity index (χ1) is 9.63. The molecule has 1 aromatic carbocycles. The predicted molar refractivity (Wildman–Crippen MR) is 73.2 cm³/mol. The summed E-state index contributed by atoms with van der Waals surface area (Å²) in [5, 5.41) is 10.3. The number of nitriles is 1. The summed E-state index contributed by atoms with van der Waals surface area (Å²) in [7, 11) is 1.48. The number of nitrogens with one attached hydrogen (secondary N) is 1. The zero-order valence-electron chi connectivity index (χ0n) is 10.5. The molecule has 1 aromatic rings. The van der Waals surface area contributed by atoms with Gasteiger partial charge in [-0.1, -0.05) is 6.07 Å². The average Bonchev–Trinajstić information content (AvgIpc) is 2.75. The van der Waals surface area contributed by atoms with Gasteiger partial charge >= 0.3 is 0 Å². The minimum atomic E-state index is -0.413. The molecule has 1 fully saturated rings. The van der Waals surface area contributed by atoms with E-state index in [4.69, 9.17) is 14.7 Å². The zero-order valence-corrected chi connectivity index (χ0v) is 11.3. The molecular formula is C13H10N2O4S. The fourth-order valence-electron chi connectivity index (χ4n) is 1.58. The Balaban J connectivity index is 2.26. The molecule has 6 nitrogen and oxygen atoms in total. The maximum absolute atomic E-state index is 11.4. The molecule has 2 rings (SSSR count). The monoisotopic (exact) mass is 290 g/mol. The highest BCUT2D eigenvalue weighted by molar-refractivity contribution is 8.18. The number of hydrogen-bond acceptors (Lipinski definition) is 6. The van der Waals surface area contributed by atoms with Crippen LogP contribution in [-0.2, 0) is 4.79 Å². The molecule has 0 bridgehead atoms. The van der Waals surface area contributed by atoms with Gasteiger partial charge in [-0.2, -0.15) is 5.26 Å². The number of benzene rings is 1. The Bertz CT molecular complexity index is 634. The third-order valence-corrected chi connectivity index (χ3v) is 3.23. The standard InChI is InChI=1S/C13H10N2O4S/c1-18-10-6-8(2-3-9(10)19-5-4-14)7-11-12(16)15-13(17)20-11/h2-3,6-7H,5H2,1H3,(H,15,16,17)/b11-7+. The SMILES string of the molecule is COc1cc(/C=C2/SC(=O)NC2=O)ccc1OCC#N. The molecule has 0 saturated carbocycles. The van der Waals surface area contributed by atoms with Gasteiger partial charge in [0.05, 0.1) is 12.0 Å². The lowest BCUT2D eigenvalue weighted by molar-refractivity contribution is -0.115. The summed E-state index contributed by atoms with van der Waals surface area (Å²) in [5.74, 6) is 0.476. The quantitative estimate of drug-likeness (QED) is 0.852. The normalized spacial score (nSPS) is 15.9. The molecule has 1 aliphatic rings. The summed E-state index contributed by atoms with van der Waals surface area (Å²) in [6.07, 6.45) is 1.58. The van der Waals surface area contributed by atoms with E-state index in [1.807, 2.05) is 6.07 Å². The van der Waals surface area contributed by atoms with E-state index in [0.717, 1.165) is 11.8 Å². The number of hydrogen-bond donors (Lipinski definition) is 1. The van der Waals surface area contributed by atoms with Crippen LogP contribution in [0.3, 0.4) is 0 Å². The van der Waals surface area contributed by atoms with Crippen molar-refractivity contribution in [1.29, 1.82) is 5.26 Å². The molecule has 1 saturated heterocycles. The Morgan fingerprint density at radius 3 is 2.80 bits per heavy atom. The molecule has 0 spiro atoms. The summed E-state index contributed by atoms with van der Waals surface area (Å²) in [6.45, 7) is -0.0798. The van der Waals surface area contributed by atoms with E-state index in [1.54, 1.807) is 24.3 Å². The molecule has 0 radical (unpaired) electrons. The van der Waals surface area contributed by atoms with E-state index in [1.165, 1.54) is 7.11 Å². The van der Waals surface area contributed by atoms with E-state index in [0.29, 0.717) is 22.0 Å². The highest BCUT2D eigenvalue weighted by Crippen LogP contribution is 2.31. The smallest absolute Gasteiger partial charge is 0.290 e. The minimum absolute atomic E-state index is 0.0798. The maximum atomic E-state index is 11.4. The third kappa shape index (κ3) is 3.10. The lowest BCUT2D eigenvalue weighted by Gasteiger charge is -2.08. The van der Waals surface area contributed by atoms with Crippen molar-refractivity contribution in [3.63, 3.8) is 0 Å². The number of carbonyl (C=O) groups is 2. The molecule has 0 aliphatic carbocycles. The molecule has 7 heteroatoms. The van der Waals surface area contributed by atoms with Crippen LogP contribution >= 0.6 is 11.8 Å². The van der Waals surface area contributed by atoms with Crippen LogP contribution in [0.4, 0.5) is 4.79 Å². The van der Waals surface area contributed by atoms with E-state index < -0.39 is 5.91 Å². The number of rotatable bonds is 4. The first-order valence-corrected chi connectivity index (χ1v) is 6.38. The van der Waals surface area contributed by atoms with Crippen molar-refractivity contribution in [2.45, 2.75) is 0 Å². The molecule has 20 heavy (non-hydrogen) atoms. The Labute approximate surface area is 119 Å². The molecule has 1 aliphatic heterocycles. The fourth-order valence-corrected chi connectivity index (χ4v) is 2.26. The average molecular weight is 290 g/mol. The van der Waals surface area contributed by atoms with Gasteiger partial charge in [0.1, 0.15) is 6.07 Å². The minimum Gasteiger partial charge on any atom is -0.493 e. The molecule has 1 heterocycles. The Kier molecular flexibility index (Phi) is 4.27. The Morgan fingerprint density at radius 2 is 2.20 bits per heavy atom. The second kappa shape index (κ2) is 6.12. The molecule has 0 aromatic heterocycles. The summed E-state index contributed by atoms with van der Waals surface area (Å²) in [4.78, 5) is 22.8. The van der Waals surface area contributed by atoms with Gasteiger partial charge in [0.15, 0.2) is 18.1 Å². The van der Waals surface area contributed by atoms with E-state index in [-0.39, 0.29) is 11.8 Å². The van der Waals surface area contributed by atoms with Crippen LogP contribution in [0.1, 0.15) is 5.56 Å². The van der Waals surface area contributed by atoms with Crippen LogP contribution in [-0.4, -0.2) is 24.9 Å². The van der Waals surface area contributed by atoms with Crippen LogP contribution in [0.2, 0.25) is 0 Å². The maximum Gasteiger partial charge on any atom is 0.290 e. The van der Waals surface area contributed by atoms with Gasteiger partial charge in [0.25, 0.3) is 11.1 Å². The molecule has 1 N–H and O–H groups in total. The number of carbonyl (C=O) groups excluding carboxylic acids is 2. The van der Waals surface area contributed by atoms with Crippen LogP contribution in [0.15, 0.2) is 23.1 Å². The number of methoxy groups -OCH3 is 1. The number of ether oxygens (including phenoxy) is 2. The number of nitrogens with zero attached hydrogens (tertiary/aromatic N) is 1. The lowest BCUT2D eigenvalue weighted by Crippen LogP contribution is -2.17. The molecule has 0 unspecified atom stereocenters. The first-order valence-electron chi connectivity index (χ1n) is 5.56. The number of amides is 2. The summed E-state index contributed by atoms with van der Waals surface area (Å²) in [5.41, 5.74) is 0.693. The zero-order chi connectivity index (χ0) is 14.5. The fraction of sp³-hybridized carbons (Fsp3) is 0.154. The first kappa shape index (κ1) is 14.0. The van der Waals surface area contributed by atoms with Gasteiger partial charge in [-0.05, 0) is 35.5 Å². The molecular weight excluding hydrogens is 280 g/mol. The number of imide groups is 1. The van der Waals surface area contributed by atoms with Crippen LogP contribution < -0.4 is 14.8 Å². The summed E-state index contributed by atoms with van der Waals surface area (Å²) >= 11 is 0.846. The summed E-state index contributed by atoms with van der Waals surface area (Å²) in [6, 6.07) is 6.88. The van der Waals surface area contributed by atoms with E-state index in [2.05, 4.69) is 5.32 Å². The molecule has 102 valence electrons. The number of thioether (sulfide) groups is 1. The van der Waals surface area contributed by atoms with E-state index in [9.17, 15) is 9.59 Å². The van der Waals surface area contributed by atoms with Crippen molar-refractivity contribution in [3.8, 4) is 17.6 Å². The topological polar surface area (TPSA) is 88.4 Å². The van der Waals surface area contributed by atoms with Crippen molar-refractivity contribution in [2.75, 3.05) is 13.7 Å². The van der Waals surface area contributed by atoms with Gasteiger partial charge in [-0.15, -0.1) is 0 Å². The molecule has 2 amide bonds. The van der Waals surface area contributed by atoms with Gasteiger partial charge in [0, 0.05) is 0 Å². The van der Waals surface area contributed by atoms with Crippen LogP contribution in [0.5, 0.6) is 11.5 Å². The van der Waals surface area contributed by atoms with Gasteiger partial charge in [0.2, 0.25) is 0 Å². The van der Waals surface area contributed by atoms with Crippen molar-refractivity contribution >= 4 is 29.0 Å². The van der Waals surface area contributed by atoms with Gasteiger partial charge in [-0.25, -0.2) is 0 Å². The second-order valence-electron chi connectivity index (χ2n) is 3.71. The van der Waals surface area contributed by atoms with Crippen molar-refractivity contribution < 1.29 is 19.1 Å². The Morgan fingerprint density at radius 1 is 1.40 bits per heavy atom. The van der Waals surface area contributed by atoms with Gasteiger partial charge < -0.3 is 9.47 Å². The van der Waals surface area contributed by atoms with Crippen molar-refractivity contribution in [2.24, 2.45) is 0 Å². The van der Waals surface area contributed by atoms with E-state index >= 15 is 0 Å². The third-order valence-electron chi connectivity index (χ3n) is 2.42. The van der Waals surface area contributed by atoms with Crippen LogP contribution in [0, 0.1) is 11.3 Å². The van der Waals surface area contributed by atoms with Crippen LogP contribution in [0.25, 0.3) is 6.08 Å². The highest BCUT2D eigenvalue weighted by Gasteiger charge is 2.25. The van der Waals surface area contributed by atoms with Crippen molar-refractivity contribution in [1.82, 2.24) is 5.32 Å². The molecule has 0 atom stereocenters. The van der Waals surface area contributed by atoms with Gasteiger partial charge in [-0.3, -0.25) is 14.9 Å². The lowest BCUT2D eigenvalue weighted by atomic mass is 10.2. The largest absolute Gasteiger partial charge is 0.493 e. The summed E-state index contributed by atoms with van der Waals surface area (Å²) < 4.78 is 10.4. The predicted octanol–water partition coefficient (Wildman–Crippen LogP) is 1.92. The highest BCUT2D eigenvalue weighted by atomic mass is 32.2. The van der Waals surface area contributed by atoms with Crippen molar-refractivity contribution in [3.05, 3.63) is 28.7 Å². The second-order valence-corrected chi connectivity index (χ2v) is 4.72.